The van der Waals surface area contributed by atoms with Gasteiger partial charge in [-0.3, -0.25) is 29.7 Å². The van der Waals surface area contributed by atoms with Crippen molar-refractivity contribution in [2.24, 2.45) is 5.10 Å². The van der Waals surface area contributed by atoms with Gasteiger partial charge < -0.3 is 0 Å². The summed E-state index contributed by atoms with van der Waals surface area (Å²) in [6.07, 6.45) is 2.60. The number of benzene rings is 2. The van der Waals surface area contributed by atoms with E-state index in [4.69, 9.17) is 0 Å². The van der Waals surface area contributed by atoms with Crippen molar-refractivity contribution in [2.45, 2.75) is 6.54 Å². The Morgan fingerprint density at radius 3 is 2.70 bits per heavy atom. The Morgan fingerprint density at radius 2 is 1.96 bits per heavy atom. The number of hydrazone groups is 1. The number of amides is 1. The van der Waals surface area contributed by atoms with E-state index in [1.807, 2.05) is 0 Å². The van der Waals surface area contributed by atoms with E-state index in [1.54, 1.807) is 6.07 Å². The second kappa shape index (κ2) is 7.39. The molecule has 1 N–H and O–H groups in total. The highest BCUT2D eigenvalue weighted by Gasteiger charge is 2.12. The van der Waals surface area contributed by atoms with Gasteiger partial charge >= 0.3 is 0 Å². The average molecular weight is 368 g/mol. The average Bonchev–Trinajstić information content (AvgIpc) is 3.04. The zero-order chi connectivity index (χ0) is 19.4. The van der Waals surface area contributed by atoms with E-state index in [2.05, 4.69) is 15.6 Å². The van der Waals surface area contributed by atoms with Crippen molar-refractivity contribution in [3.63, 3.8) is 0 Å². The second-order valence-corrected chi connectivity index (χ2v) is 5.41. The zero-order valence-corrected chi connectivity index (χ0v) is 13.7. The molecule has 0 aliphatic heterocycles. The molecule has 0 fully saturated rings. The Labute approximate surface area is 151 Å². The Bertz CT molecular complexity index is 1070. The van der Waals surface area contributed by atoms with Gasteiger partial charge in [0.2, 0.25) is 0 Å². The van der Waals surface area contributed by atoms with Gasteiger partial charge in [0.15, 0.2) is 0 Å². The Kier molecular flexibility index (Phi) is 4.84. The maximum atomic E-state index is 12.0. The van der Waals surface area contributed by atoms with Crippen LogP contribution in [0.15, 0.2) is 53.8 Å². The molecule has 0 spiro atoms. The molecule has 27 heavy (non-hydrogen) atoms. The summed E-state index contributed by atoms with van der Waals surface area (Å²) in [7, 11) is 0. The van der Waals surface area contributed by atoms with Gasteiger partial charge in [0, 0.05) is 23.6 Å². The topological polar surface area (TPSA) is 146 Å². The van der Waals surface area contributed by atoms with Crippen LogP contribution in [0.2, 0.25) is 0 Å². The first-order chi connectivity index (χ1) is 13.0. The number of non-ortho nitro benzene ring substituents is 1. The number of fused-ring (bicyclic) bond motifs is 1. The van der Waals surface area contributed by atoms with Crippen molar-refractivity contribution in [3.05, 3.63) is 74.5 Å². The third-order valence-corrected chi connectivity index (χ3v) is 3.66. The van der Waals surface area contributed by atoms with Gasteiger partial charge in [0.05, 0.1) is 33.3 Å². The lowest BCUT2D eigenvalue weighted by molar-refractivity contribution is -0.385. The molecule has 2 aromatic carbocycles. The van der Waals surface area contributed by atoms with Gasteiger partial charge in [-0.1, -0.05) is 12.1 Å². The number of nitrogens with one attached hydrogen (secondary N) is 1. The summed E-state index contributed by atoms with van der Waals surface area (Å²) in [4.78, 5) is 32.7. The number of carbonyl (C=O) groups excluding carboxylic acids is 1. The van der Waals surface area contributed by atoms with Crippen LogP contribution in [-0.2, 0) is 11.3 Å². The highest BCUT2D eigenvalue weighted by Crippen LogP contribution is 2.20. The molecule has 1 heterocycles. The molecule has 11 heteroatoms. The van der Waals surface area contributed by atoms with Crippen LogP contribution in [0.5, 0.6) is 0 Å². The fourth-order valence-electron chi connectivity index (χ4n) is 2.42. The standard InChI is InChI=1S/C16H12N6O5/c23-16(19-17-8-11-3-1-2-4-15(11)22(26)27)10-20-14-6-5-13(21(24)25)7-12(14)9-18-20/h1-9H,10H2,(H,19,23)/b17-8+. The van der Waals surface area contributed by atoms with Gasteiger partial charge in [-0.2, -0.15) is 10.2 Å². The minimum atomic E-state index is -0.543. The summed E-state index contributed by atoms with van der Waals surface area (Å²) >= 11 is 0. The van der Waals surface area contributed by atoms with E-state index in [1.165, 1.54) is 53.5 Å². The minimum absolute atomic E-state index is 0.0689. The van der Waals surface area contributed by atoms with Crippen LogP contribution in [-0.4, -0.2) is 31.7 Å². The molecule has 0 atom stereocenters. The van der Waals surface area contributed by atoms with E-state index in [-0.39, 0.29) is 23.5 Å². The zero-order valence-electron chi connectivity index (χ0n) is 13.7. The molecular weight excluding hydrogens is 356 g/mol. The lowest BCUT2D eigenvalue weighted by Crippen LogP contribution is -2.23. The molecule has 0 unspecified atom stereocenters. The predicted molar refractivity (Wildman–Crippen MR) is 95.2 cm³/mol. The quantitative estimate of drug-likeness (QED) is 0.400. The van der Waals surface area contributed by atoms with Crippen LogP contribution < -0.4 is 5.43 Å². The molecule has 0 aliphatic carbocycles. The summed E-state index contributed by atoms with van der Waals surface area (Å²) in [5.74, 6) is -0.506. The smallest absolute Gasteiger partial charge is 0.271 e. The van der Waals surface area contributed by atoms with E-state index in [0.29, 0.717) is 10.9 Å². The maximum absolute atomic E-state index is 12.0. The minimum Gasteiger partial charge on any atom is -0.271 e. The summed E-state index contributed by atoms with van der Waals surface area (Å²) < 4.78 is 1.37. The number of rotatable bonds is 6. The first kappa shape index (κ1) is 17.7. The highest BCUT2D eigenvalue weighted by molar-refractivity contribution is 5.87. The third kappa shape index (κ3) is 3.92. The van der Waals surface area contributed by atoms with Crippen LogP contribution in [0.3, 0.4) is 0 Å². The molecule has 0 aliphatic rings. The van der Waals surface area contributed by atoms with Gasteiger partial charge in [0.1, 0.15) is 6.54 Å². The van der Waals surface area contributed by atoms with Crippen molar-refractivity contribution < 1.29 is 14.6 Å². The van der Waals surface area contributed by atoms with E-state index < -0.39 is 15.8 Å². The van der Waals surface area contributed by atoms with E-state index in [9.17, 15) is 25.0 Å². The van der Waals surface area contributed by atoms with Crippen molar-refractivity contribution >= 4 is 34.4 Å². The van der Waals surface area contributed by atoms with Crippen molar-refractivity contribution in [3.8, 4) is 0 Å². The Balaban J connectivity index is 1.69. The van der Waals surface area contributed by atoms with Crippen LogP contribution in [0.25, 0.3) is 10.9 Å². The monoisotopic (exact) mass is 368 g/mol. The third-order valence-electron chi connectivity index (χ3n) is 3.66. The van der Waals surface area contributed by atoms with Gasteiger partial charge in [-0.25, -0.2) is 5.43 Å². The first-order valence-electron chi connectivity index (χ1n) is 7.61. The summed E-state index contributed by atoms with van der Waals surface area (Å²) in [6.45, 7) is -0.171. The summed E-state index contributed by atoms with van der Waals surface area (Å²) in [5.41, 5.74) is 2.87. The number of hydrogen-bond donors (Lipinski definition) is 1. The molecule has 0 radical (unpaired) electrons. The van der Waals surface area contributed by atoms with Crippen molar-refractivity contribution in [1.82, 2.24) is 15.2 Å². The summed E-state index contributed by atoms with van der Waals surface area (Å²) in [5, 5.41) is 30.0. The van der Waals surface area contributed by atoms with Gasteiger partial charge in [0.25, 0.3) is 17.3 Å². The lowest BCUT2D eigenvalue weighted by atomic mass is 10.2. The number of hydrogen-bond acceptors (Lipinski definition) is 7. The SMILES string of the molecule is O=C(Cn1ncc2cc([N+](=O)[O-])ccc21)N/N=C/c1ccccc1[N+](=O)[O-]. The predicted octanol–water partition coefficient (Wildman–Crippen LogP) is 2.00. The van der Waals surface area contributed by atoms with E-state index >= 15 is 0 Å². The number of nitro benzene ring substituents is 2. The van der Waals surface area contributed by atoms with E-state index in [0.717, 1.165) is 0 Å². The van der Waals surface area contributed by atoms with Gasteiger partial charge in [-0.05, 0) is 12.1 Å². The molecular formula is C16H12N6O5. The first-order valence-corrected chi connectivity index (χ1v) is 7.61. The van der Waals surface area contributed by atoms with Crippen LogP contribution in [0, 0.1) is 20.2 Å². The molecule has 11 nitrogen and oxygen atoms in total. The normalized spacial score (nSPS) is 11.0. The molecule has 3 aromatic rings. The maximum Gasteiger partial charge on any atom is 0.278 e. The molecule has 3 rings (SSSR count). The number of aromatic nitrogens is 2. The van der Waals surface area contributed by atoms with Crippen molar-refractivity contribution in [2.75, 3.05) is 0 Å². The number of nitro groups is 2. The van der Waals surface area contributed by atoms with Gasteiger partial charge in [-0.15, -0.1) is 0 Å². The molecule has 1 amide bonds. The number of para-hydroxylation sites is 1. The number of nitrogens with zero attached hydrogens (tertiary/aromatic N) is 5. The van der Waals surface area contributed by atoms with Crippen LogP contribution in [0.4, 0.5) is 11.4 Å². The Morgan fingerprint density at radius 1 is 1.19 bits per heavy atom. The lowest BCUT2D eigenvalue weighted by Gasteiger charge is -2.02. The molecule has 0 saturated carbocycles. The molecule has 136 valence electrons. The number of carbonyl (C=O) groups is 1. The fraction of sp³-hybridized carbons (Fsp3) is 0.0625. The molecule has 1 aromatic heterocycles. The largest absolute Gasteiger partial charge is 0.278 e. The second-order valence-electron chi connectivity index (χ2n) is 5.41. The highest BCUT2D eigenvalue weighted by atomic mass is 16.6. The van der Waals surface area contributed by atoms with Crippen molar-refractivity contribution in [1.29, 1.82) is 0 Å². The Hall–Kier alpha value is -4.15. The molecule has 0 bridgehead atoms. The van der Waals surface area contributed by atoms with Crippen LogP contribution >= 0.6 is 0 Å². The summed E-state index contributed by atoms with van der Waals surface area (Å²) in [6, 6.07) is 10.2. The fourth-order valence-corrected chi connectivity index (χ4v) is 2.42. The molecule has 0 saturated heterocycles. The van der Waals surface area contributed by atoms with Crippen LogP contribution in [0.1, 0.15) is 5.56 Å².